The zero-order chi connectivity index (χ0) is 25.5. The maximum Gasteiger partial charge on any atom is 0.271 e. The number of carbonyl (C=O) groups excluding carboxylic acids is 2. The van der Waals surface area contributed by atoms with Gasteiger partial charge in [-0.2, -0.15) is 0 Å². The molecule has 0 fully saturated rings. The molecule has 1 atom stereocenters. The predicted molar refractivity (Wildman–Crippen MR) is 132 cm³/mol. The van der Waals surface area contributed by atoms with Crippen LogP contribution in [0.15, 0.2) is 47.6 Å². The number of benzene rings is 2. The van der Waals surface area contributed by atoms with Gasteiger partial charge in [0.2, 0.25) is 11.8 Å². The lowest BCUT2D eigenvalue weighted by Crippen LogP contribution is -2.29. The summed E-state index contributed by atoms with van der Waals surface area (Å²) in [5.74, 6) is 0.630. The molecule has 11 nitrogen and oxygen atoms in total. The predicted octanol–water partition coefficient (Wildman–Crippen LogP) is 3.54. The van der Waals surface area contributed by atoms with Crippen molar-refractivity contribution in [2.24, 2.45) is 7.05 Å². The quantitative estimate of drug-likeness (QED) is 0.236. The number of carbonyl (C=O) groups is 2. The van der Waals surface area contributed by atoms with Gasteiger partial charge in [0.25, 0.3) is 5.69 Å². The molecule has 0 bridgehead atoms. The average molecular weight is 519 g/mol. The summed E-state index contributed by atoms with van der Waals surface area (Å²) in [6.45, 7) is 1.79. The van der Waals surface area contributed by atoms with Crippen LogP contribution in [0.25, 0.3) is 0 Å². The lowest BCUT2D eigenvalue weighted by molar-refractivity contribution is -0.384. The van der Waals surface area contributed by atoms with Gasteiger partial charge in [-0.3, -0.25) is 19.7 Å². The fraction of sp³-hybridized carbons (Fsp3) is 0.273. The molecule has 0 aliphatic rings. The minimum absolute atomic E-state index is 0.0246. The molecule has 2 N–H and O–H groups in total. The van der Waals surface area contributed by atoms with Gasteiger partial charge in [0, 0.05) is 19.2 Å². The molecule has 0 unspecified atom stereocenters. The zero-order valence-corrected chi connectivity index (χ0v) is 20.7. The second kappa shape index (κ2) is 11.7. The molecule has 13 heteroatoms. The Morgan fingerprint density at radius 2 is 1.91 bits per heavy atom. The van der Waals surface area contributed by atoms with E-state index in [4.69, 9.17) is 16.3 Å². The molecule has 2 amide bonds. The number of nitro benzene ring substituents is 1. The van der Waals surface area contributed by atoms with Gasteiger partial charge in [-0.25, -0.2) is 0 Å². The second-order valence-electron chi connectivity index (χ2n) is 7.47. The molecule has 0 aliphatic carbocycles. The van der Waals surface area contributed by atoms with Gasteiger partial charge < -0.3 is 19.9 Å². The maximum absolute atomic E-state index is 12.4. The summed E-state index contributed by atoms with van der Waals surface area (Å²) in [4.78, 5) is 35.2. The first kappa shape index (κ1) is 26.0. The van der Waals surface area contributed by atoms with E-state index < -0.39 is 16.9 Å². The standard InChI is InChI=1S/C22H23ClN6O5S/c1-13(24-19(30)10-14-4-7-16(34-3)8-5-14)21-26-27-22(28(21)2)35-12-20(31)25-18-11-15(29(32)33)6-9-17(18)23/h4-9,11,13H,10,12H2,1-3H3,(H,24,30)(H,25,31)/t13-/m0/s1. The van der Waals surface area contributed by atoms with Crippen LogP contribution in [0.5, 0.6) is 5.75 Å². The highest BCUT2D eigenvalue weighted by Gasteiger charge is 2.19. The van der Waals surface area contributed by atoms with Crippen LogP contribution in [0.4, 0.5) is 11.4 Å². The number of thioether (sulfide) groups is 1. The topological polar surface area (TPSA) is 141 Å². The number of halogens is 1. The first-order valence-corrected chi connectivity index (χ1v) is 11.7. The van der Waals surface area contributed by atoms with Crippen molar-refractivity contribution in [1.82, 2.24) is 20.1 Å². The number of nitrogens with one attached hydrogen (secondary N) is 2. The molecule has 0 saturated heterocycles. The van der Waals surface area contributed by atoms with Crippen LogP contribution in [0, 0.1) is 10.1 Å². The van der Waals surface area contributed by atoms with Gasteiger partial charge in [-0.15, -0.1) is 10.2 Å². The van der Waals surface area contributed by atoms with Crippen LogP contribution in [-0.2, 0) is 23.1 Å². The molecule has 3 rings (SSSR count). The Morgan fingerprint density at radius 1 is 1.20 bits per heavy atom. The van der Waals surface area contributed by atoms with Gasteiger partial charge in [0.05, 0.1) is 41.0 Å². The number of hydrogen-bond acceptors (Lipinski definition) is 8. The molecule has 1 heterocycles. The molecule has 1 aromatic heterocycles. The molecule has 0 radical (unpaired) electrons. The lowest BCUT2D eigenvalue weighted by atomic mass is 10.1. The summed E-state index contributed by atoms with van der Waals surface area (Å²) in [6, 6.07) is 10.6. The number of nitrogens with zero attached hydrogens (tertiary/aromatic N) is 4. The number of anilines is 1. The van der Waals surface area contributed by atoms with Crippen molar-refractivity contribution >= 4 is 46.6 Å². The SMILES string of the molecule is COc1ccc(CC(=O)N[C@@H](C)c2nnc(SCC(=O)Nc3cc([N+](=O)[O-])ccc3Cl)n2C)cc1. The van der Waals surface area contributed by atoms with Crippen molar-refractivity contribution in [3.05, 3.63) is 69.0 Å². The third-order valence-corrected chi connectivity index (χ3v) is 6.27. The van der Waals surface area contributed by atoms with Crippen LogP contribution in [-0.4, -0.2) is 44.4 Å². The Kier molecular flexibility index (Phi) is 8.66. The van der Waals surface area contributed by atoms with Crippen molar-refractivity contribution in [2.75, 3.05) is 18.2 Å². The Bertz CT molecular complexity index is 1230. The fourth-order valence-corrected chi connectivity index (χ4v) is 4.04. The van der Waals surface area contributed by atoms with Gasteiger partial charge in [-0.05, 0) is 30.7 Å². The molecule has 2 aromatic carbocycles. The highest BCUT2D eigenvalue weighted by molar-refractivity contribution is 7.99. The van der Waals surface area contributed by atoms with E-state index in [1.165, 1.54) is 18.2 Å². The largest absolute Gasteiger partial charge is 0.497 e. The molecule has 184 valence electrons. The summed E-state index contributed by atoms with van der Waals surface area (Å²) < 4.78 is 6.81. The van der Waals surface area contributed by atoms with E-state index in [0.29, 0.717) is 16.7 Å². The van der Waals surface area contributed by atoms with Crippen LogP contribution < -0.4 is 15.4 Å². The van der Waals surface area contributed by atoms with Crippen molar-refractivity contribution in [3.63, 3.8) is 0 Å². The first-order chi connectivity index (χ1) is 16.7. The Balaban J connectivity index is 1.55. The monoisotopic (exact) mass is 518 g/mol. The molecule has 3 aromatic rings. The zero-order valence-electron chi connectivity index (χ0n) is 19.1. The first-order valence-electron chi connectivity index (χ1n) is 10.4. The number of hydrogen-bond donors (Lipinski definition) is 2. The third-order valence-electron chi connectivity index (χ3n) is 4.92. The van der Waals surface area contributed by atoms with E-state index in [2.05, 4.69) is 20.8 Å². The second-order valence-corrected chi connectivity index (χ2v) is 8.82. The van der Waals surface area contributed by atoms with Crippen molar-refractivity contribution in [3.8, 4) is 5.75 Å². The summed E-state index contributed by atoms with van der Waals surface area (Å²) in [5, 5.41) is 25.3. The molecular weight excluding hydrogens is 496 g/mol. The number of rotatable bonds is 10. The molecule has 0 aliphatic heterocycles. The summed E-state index contributed by atoms with van der Waals surface area (Å²) in [5.41, 5.74) is 0.816. The van der Waals surface area contributed by atoms with E-state index in [-0.39, 0.29) is 34.5 Å². The number of amides is 2. The maximum atomic E-state index is 12.4. The van der Waals surface area contributed by atoms with E-state index in [1.54, 1.807) is 37.8 Å². The van der Waals surface area contributed by atoms with Crippen LogP contribution in [0.1, 0.15) is 24.4 Å². The fourth-order valence-electron chi connectivity index (χ4n) is 3.15. The summed E-state index contributed by atoms with van der Waals surface area (Å²) in [6.07, 6.45) is 0.203. The highest BCUT2D eigenvalue weighted by atomic mass is 35.5. The number of non-ortho nitro benzene ring substituents is 1. The third kappa shape index (κ3) is 6.93. The van der Waals surface area contributed by atoms with Gasteiger partial charge in [0.15, 0.2) is 11.0 Å². The number of aromatic nitrogens is 3. The Labute approximate surface area is 210 Å². The van der Waals surface area contributed by atoms with E-state index in [9.17, 15) is 19.7 Å². The van der Waals surface area contributed by atoms with Crippen molar-refractivity contribution in [1.29, 1.82) is 0 Å². The van der Waals surface area contributed by atoms with Crippen LogP contribution in [0.3, 0.4) is 0 Å². The molecule has 35 heavy (non-hydrogen) atoms. The normalized spacial score (nSPS) is 11.5. The Hall–Kier alpha value is -3.64. The van der Waals surface area contributed by atoms with Crippen molar-refractivity contribution in [2.45, 2.75) is 24.5 Å². The number of ether oxygens (including phenoxy) is 1. The van der Waals surface area contributed by atoms with Gasteiger partial charge in [0.1, 0.15) is 5.75 Å². The summed E-state index contributed by atoms with van der Waals surface area (Å²) >= 11 is 7.15. The highest BCUT2D eigenvalue weighted by Crippen LogP contribution is 2.27. The Morgan fingerprint density at radius 3 is 2.57 bits per heavy atom. The smallest absolute Gasteiger partial charge is 0.271 e. The van der Waals surface area contributed by atoms with E-state index >= 15 is 0 Å². The average Bonchev–Trinajstić information content (AvgIpc) is 3.19. The molecular formula is C22H23ClN6O5S. The van der Waals surface area contributed by atoms with E-state index in [0.717, 1.165) is 17.3 Å². The molecule has 0 spiro atoms. The summed E-state index contributed by atoms with van der Waals surface area (Å²) in [7, 11) is 3.31. The molecule has 0 saturated carbocycles. The minimum Gasteiger partial charge on any atom is -0.497 e. The van der Waals surface area contributed by atoms with Crippen molar-refractivity contribution < 1.29 is 19.2 Å². The lowest BCUT2D eigenvalue weighted by Gasteiger charge is -2.14. The minimum atomic E-state index is -0.571. The van der Waals surface area contributed by atoms with Crippen LogP contribution >= 0.6 is 23.4 Å². The number of nitro groups is 1. The van der Waals surface area contributed by atoms with E-state index in [1.807, 2.05) is 12.1 Å². The van der Waals surface area contributed by atoms with Gasteiger partial charge in [-0.1, -0.05) is 35.5 Å². The van der Waals surface area contributed by atoms with Gasteiger partial charge >= 0.3 is 0 Å². The van der Waals surface area contributed by atoms with Crippen LogP contribution in [0.2, 0.25) is 5.02 Å². The number of methoxy groups -OCH3 is 1.